The maximum Gasteiger partial charge on any atom is 0.255 e. The Morgan fingerprint density at radius 1 is 1.00 bits per heavy atom. The van der Waals surface area contributed by atoms with Gasteiger partial charge in [0.25, 0.3) is 5.91 Å². The second-order valence-corrected chi connectivity index (χ2v) is 7.08. The van der Waals surface area contributed by atoms with E-state index in [1.807, 2.05) is 61.5 Å². The molecule has 0 aliphatic rings. The Hall–Kier alpha value is -4.13. The van der Waals surface area contributed by atoms with Crippen LogP contribution in [0, 0.1) is 6.92 Å². The zero-order chi connectivity index (χ0) is 21.6. The first kappa shape index (κ1) is 20.2. The maximum absolute atomic E-state index is 12.9. The summed E-state index contributed by atoms with van der Waals surface area (Å²) < 4.78 is 6.86. The molecule has 0 saturated heterocycles. The molecule has 0 aliphatic heterocycles. The van der Waals surface area contributed by atoms with Gasteiger partial charge < -0.3 is 15.1 Å². The first-order chi connectivity index (χ1) is 15.1. The highest BCUT2D eigenvalue weighted by molar-refractivity contribution is 6.01. The van der Waals surface area contributed by atoms with E-state index in [0.717, 1.165) is 16.8 Å². The number of nitrogens with zero attached hydrogens (tertiary/aromatic N) is 2. The summed E-state index contributed by atoms with van der Waals surface area (Å²) in [6.45, 7) is 2.10. The molecule has 156 valence electrons. The van der Waals surface area contributed by atoms with Crippen molar-refractivity contribution in [2.75, 3.05) is 6.54 Å². The number of rotatable bonds is 7. The lowest BCUT2D eigenvalue weighted by molar-refractivity contribution is -0.120. The van der Waals surface area contributed by atoms with E-state index in [9.17, 15) is 9.59 Å². The molecule has 4 aromatic rings. The minimum absolute atomic E-state index is 0.149. The van der Waals surface area contributed by atoms with Crippen LogP contribution in [0.4, 0.5) is 0 Å². The average molecular weight is 414 g/mol. The van der Waals surface area contributed by atoms with Crippen molar-refractivity contribution in [2.24, 2.45) is 0 Å². The number of aromatic nitrogens is 2. The number of nitrogens with one attached hydrogen (secondary N) is 2. The van der Waals surface area contributed by atoms with Crippen LogP contribution in [0.15, 0.2) is 83.6 Å². The Kier molecular flexibility index (Phi) is 5.93. The Morgan fingerprint density at radius 2 is 1.84 bits per heavy atom. The number of amides is 2. The van der Waals surface area contributed by atoms with Crippen LogP contribution in [0.5, 0.6) is 0 Å². The van der Waals surface area contributed by atoms with E-state index in [2.05, 4.69) is 15.7 Å². The van der Waals surface area contributed by atoms with Gasteiger partial charge in [0.15, 0.2) is 0 Å². The number of para-hydroxylation sites is 1. The second kappa shape index (κ2) is 9.13. The lowest BCUT2D eigenvalue weighted by atomic mass is 10.1. The van der Waals surface area contributed by atoms with Crippen molar-refractivity contribution >= 4 is 11.8 Å². The molecule has 0 saturated carbocycles. The van der Waals surface area contributed by atoms with Gasteiger partial charge in [0.05, 0.1) is 30.6 Å². The van der Waals surface area contributed by atoms with E-state index in [1.165, 1.54) is 0 Å². The normalized spacial score (nSPS) is 10.6. The third kappa shape index (κ3) is 4.90. The molecule has 7 nitrogen and oxygen atoms in total. The van der Waals surface area contributed by atoms with Gasteiger partial charge in [-0.2, -0.15) is 5.10 Å². The zero-order valence-corrected chi connectivity index (χ0v) is 17.0. The summed E-state index contributed by atoms with van der Waals surface area (Å²) in [5, 5.41) is 10.0. The Bertz CT molecular complexity index is 1180. The highest BCUT2D eigenvalue weighted by atomic mass is 16.3. The molecule has 0 aliphatic carbocycles. The van der Waals surface area contributed by atoms with Crippen molar-refractivity contribution in [3.63, 3.8) is 0 Å². The molecule has 0 unspecified atom stereocenters. The summed E-state index contributed by atoms with van der Waals surface area (Å²) in [6.07, 6.45) is 3.23. The van der Waals surface area contributed by atoms with Gasteiger partial charge in [-0.05, 0) is 37.3 Å². The molecule has 2 aromatic heterocycles. The molecule has 0 atom stereocenters. The molecule has 0 spiro atoms. The number of furan rings is 1. The minimum atomic E-state index is -0.369. The number of carbonyl (C=O) groups excluding carboxylic acids is 2. The number of hydrogen-bond acceptors (Lipinski definition) is 4. The molecule has 4 rings (SSSR count). The molecule has 0 radical (unpaired) electrons. The predicted octanol–water partition coefficient (Wildman–Crippen LogP) is 3.49. The molecule has 2 heterocycles. The standard InChI is InChI=1S/C24H22N4O3/c1-17-7-5-8-18(13-17)23-21(16-28(27-23)19-9-3-2-4-10-19)24(30)26-15-22(29)25-14-20-11-6-12-31-20/h2-13,16H,14-15H2,1H3,(H,25,29)(H,26,30). The van der Waals surface area contributed by atoms with E-state index in [1.54, 1.807) is 29.3 Å². The van der Waals surface area contributed by atoms with Crippen LogP contribution in [0.25, 0.3) is 16.9 Å². The molecule has 2 amide bonds. The summed E-state index contributed by atoms with van der Waals surface area (Å²) >= 11 is 0. The highest BCUT2D eigenvalue weighted by Crippen LogP contribution is 2.24. The van der Waals surface area contributed by atoms with Gasteiger partial charge in [-0.1, -0.05) is 42.0 Å². The third-order valence-corrected chi connectivity index (χ3v) is 4.72. The van der Waals surface area contributed by atoms with E-state index in [0.29, 0.717) is 17.0 Å². The van der Waals surface area contributed by atoms with Crippen LogP contribution in [0.2, 0.25) is 0 Å². The first-order valence-corrected chi connectivity index (χ1v) is 9.89. The van der Waals surface area contributed by atoms with Gasteiger partial charge in [-0.15, -0.1) is 0 Å². The number of benzene rings is 2. The largest absolute Gasteiger partial charge is 0.467 e. The fourth-order valence-corrected chi connectivity index (χ4v) is 3.18. The van der Waals surface area contributed by atoms with E-state index in [-0.39, 0.29) is 24.9 Å². The van der Waals surface area contributed by atoms with Crippen LogP contribution in [0.1, 0.15) is 21.7 Å². The van der Waals surface area contributed by atoms with Gasteiger partial charge >= 0.3 is 0 Å². The SMILES string of the molecule is Cc1cccc(-c2nn(-c3ccccc3)cc2C(=O)NCC(=O)NCc2ccco2)c1. The predicted molar refractivity (Wildman–Crippen MR) is 117 cm³/mol. The minimum Gasteiger partial charge on any atom is -0.467 e. The average Bonchev–Trinajstić information content (AvgIpc) is 3.47. The van der Waals surface area contributed by atoms with Gasteiger partial charge in [-0.25, -0.2) is 4.68 Å². The molecule has 2 aromatic carbocycles. The van der Waals surface area contributed by atoms with Gasteiger partial charge in [-0.3, -0.25) is 9.59 Å². The number of carbonyl (C=O) groups is 2. The topological polar surface area (TPSA) is 89.2 Å². The van der Waals surface area contributed by atoms with Crippen LogP contribution >= 0.6 is 0 Å². The van der Waals surface area contributed by atoms with E-state index in [4.69, 9.17) is 4.42 Å². The smallest absolute Gasteiger partial charge is 0.255 e. The number of aryl methyl sites for hydroxylation is 1. The van der Waals surface area contributed by atoms with Crippen molar-refractivity contribution < 1.29 is 14.0 Å². The highest BCUT2D eigenvalue weighted by Gasteiger charge is 2.19. The Labute approximate surface area is 179 Å². The van der Waals surface area contributed by atoms with Gasteiger partial charge in [0.1, 0.15) is 11.5 Å². The molecular weight excluding hydrogens is 392 g/mol. The van der Waals surface area contributed by atoms with Crippen molar-refractivity contribution in [3.8, 4) is 16.9 Å². The van der Waals surface area contributed by atoms with Crippen molar-refractivity contribution in [3.05, 3.63) is 96.1 Å². The summed E-state index contributed by atoms with van der Waals surface area (Å²) in [7, 11) is 0. The van der Waals surface area contributed by atoms with Gasteiger partial charge in [0, 0.05) is 11.8 Å². The van der Waals surface area contributed by atoms with E-state index >= 15 is 0 Å². The van der Waals surface area contributed by atoms with Crippen LogP contribution in [-0.2, 0) is 11.3 Å². The van der Waals surface area contributed by atoms with Crippen LogP contribution in [-0.4, -0.2) is 28.1 Å². The fraction of sp³-hybridized carbons (Fsp3) is 0.125. The second-order valence-electron chi connectivity index (χ2n) is 7.08. The quantitative estimate of drug-likeness (QED) is 0.485. The summed E-state index contributed by atoms with van der Waals surface area (Å²) in [5.74, 6) is -0.0327. The monoisotopic (exact) mass is 414 g/mol. The van der Waals surface area contributed by atoms with Crippen LogP contribution in [0.3, 0.4) is 0 Å². The zero-order valence-electron chi connectivity index (χ0n) is 17.0. The molecule has 7 heteroatoms. The van der Waals surface area contributed by atoms with E-state index < -0.39 is 0 Å². The molecule has 0 bridgehead atoms. The maximum atomic E-state index is 12.9. The molecule has 2 N–H and O–H groups in total. The molecular formula is C24H22N4O3. The summed E-state index contributed by atoms with van der Waals surface area (Å²) in [4.78, 5) is 25.1. The summed E-state index contributed by atoms with van der Waals surface area (Å²) in [5.41, 5.74) is 3.69. The number of hydrogen-bond donors (Lipinski definition) is 2. The molecule has 0 fully saturated rings. The Morgan fingerprint density at radius 3 is 2.58 bits per heavy atom. The summed E-state index contributed by atoms with van der Waals surface area (Å²) in [6, 6.07) is 20.9. The van der Waals surface area contributed by atoms with Gasteiger partial charge in [0.2, 0.25) is 5.91 Å². The van der Waals surface area contributed by atoms with Crippen LogP contribution < -0.4 is 10.6 Å². The lowest BCUT2D eigenvalue weighted by Gasteiger charge is -2.06. The third-order valence-electron chi connectivity index (χ3n) is 4.72. The van der Waals surface area contributed by atoms with Crippen molar-refractivity contribution in [1.29, 1.82) is 0 Å². The first-order valence-electron chi connectivity index (χ1n) is 9.89. The lowest BCUT2D eigenvalue weighted by Crippen LogP contribution is -2.36. The fourth-order valence-electron chi connectivity index (χ4n) is 3.18. The van der Waals surface area contributed by atoms with Crippen molar-refractivity contribution in [2.45, 2.75) is 13.5 Å². The van der Waals surface area contributed by atoms with Crippen molar-refractivity contribution in [1.82, 2.24) is 20.4 Å². The Balaban J connectivity index is 1.53. The molecule has 31 heavy (non-hydrogen) atoms.